The Morgan fingerprint density at radius 2 is 1.03 bits per heavy atom. The summed E-state index contributed by atoms with van der Waals surface area (Å²) in [5.74, 6) is 0.493. The normalized spacial score (nSPS) is 12.4. The van der Waals surface area contributed by atoms with Crippen LogP contribution in [0, 0.1) is 11.6 Å². The van der Waals surface area contributed by atoms with Crippen LogP contribution in [0.5, 0.6) is 0 Å². The van der Waals surface area contributed by atoms with Crippen LogP contribution in [0.15, 0.2) is 200 Å². The van der Waals surface area contributed by atoms with Crippen molar-refractivity contribution in [3.8, 4) is 28.3 Å². The van der Waals surface area contributed by atoms with Gasteiger partial charge in [0, 0.05) is 74.5 Å². The smallest absolute Gasteiger partial charge is 0.133 e. The van der Waals surface area contributed by atoms with Crippen LogP contribution in [-0.4, -0.2) is 13.7 Å². The average molecular weight is 866 g/mol. The molecule has 0 unspecified atom stereocenters. The molecule has 66 heavy (non-hydrogen) atoms. The van der Waals surface area contributed by atoms with Gasteiger partial charge in [-0.2, -0.15) is 0 Å². The average Bonchev–Trinajstić information content (AvgIpc) is 4.11. The molecule has 4 heterocycles. The number of nitrogens with zero attached hydrogens (tertiary/aromatic N) is 3. The van der Waals surface area contributed by atoms with E-state index in [0.717, 1.165) is 120 Å². The number of hydrogen-bond acceptors (Lipinski definition) is 1. The Hall–Kier alpha value is -8.32. The zero-order valence-electron chi connectivity index (χ0n) is 35.1. The van der Waals surface area contributed by atoms with Crippen LogP contribution >= 0.6 is 11.3 Å². The number of fused-ring (bicyclic) bond motifs is 11. The van der Waals surface area contributed by atoms with Gasteiger partial charge >= 0.3 is 0 Å². The molecule has 0 aliphatic carbocycles. The minimum Gasteiger partial charge on any atom is -0.309 e. The molecule has 0 N–H and O–H groups in total. The lowest BCUT2D eigenvalue weighted by molar-refractivity contribution is 0.640. The van der Waals surface area contributed by atoms with Crippen molar-refractivity contribution in [1.82, 2.24) is 13.7 Å². The summed E-state index contributed by atoms with van der Waals surface area (Å²) in [6.07, 6.45) is 0. The van der Waals surface area contributed by atoms with Gasteiger partial charge in [-0.25, -0.2) is 8.78 Å². The van der Waals surface area contributed by atoms with E-state index in [0.29, 0.717) is 10.8 Å². The number of para-hydroxylation sites is 3. The number of aromatic nitrogens is 3. The molecule has 0 aliphatic heterocycles. The van der Waals surface area contributed by atoms with Crippen molar-refractivity contribution in [2.75, 3.05) is 0 Å². The molecule has 0 atom stereocenters. The first-order valence-electron chi connectivity index (χ1n) is 22.2. The van der Waals surface area contributed by atoms with Crippen LogP contribution in [0.2, 0.25) is 0 Å². The molecule has 0 spiro atoms. The van der Waals surface area contributed by atoms with Crippen molar-refractivity contribution in [1.29, 1.82) is 0 Å². The van der Waals surface area contributed by atoms with Crippen LogP contribution in [0.3, 0.4) is 0 Å². The largest absolute Gasteiger partial charge is 0.309 e. The summed E-state index contributed by atoms with van der Waals surface area (Å²) in [6.45, 7) is 0. The van der Waals surface area contributed by atoms with Gasteiger partial charge in [0.25, 0.3) is 0 Å². The molecule has 15 rings (SSSR count). The second-order valence-electron chi connectivity index (χ2n) is 17.5. The van der Waals surface area contributed by atoms with Gasteiger partial charge in [0.2, 0.25) is 0 Å². The van der Waals surface area contributed by atoms with Gasteiger partial charge in [-0.1, -0.05) is 121 Å². The zero-order valence-corrected chi connectivity index (χ0v) is 35.9. The molecule has 4 aromatic heterocycles. The van der Waals surface area contributed by atoms with Crippen molar-refractivity contribution < 1.29 is 8.78 Å². The van der Waals surface area contributed by atoms with E-state index in [4.69, 9.17) is 0 Å². The van der Waals surface area contributed by atoms with Crippen molar-refractivity contribution in [2.45, 2.75) is 0 Å². The topological polar surface area (TPSA) is 14.8 Å². The summed E-state index contributed by atoms with van der Waals surface area (Å²) in [4.78, 5) is 0. The van der Waals surface area contributed by atoms with Crippen LogP contribution in [0.1, 0.15) is 0 Å². The fourth-order valence-corrected chi connectivity index (χ4v) is 12.6. The maximum Gasteiger partial charge on any atom is 0.133 e. The molecule has 0 radical (unpaired) electrons. The first-order chi connectivity index (χ1) is 32.6. The second-order valence-corrected chi connectivity index (χ2v) is 18.5. The number of hydrogen-bond donors (Lipinski definition) is 0. The molecule has 0 amide bonds. The van der Waals surface area contributed by atoms with Gasteiger partial charge in [-0.05, 0) is 101 Å². The summed E-state index contributed by atoms with van der Waals surface area (Å²) in [5.41, 5.74) is 9.25. The van der Waals surface area contributed by atoms with Crippen LogP contribution in [0.4, 0.5) is 8.78 Å². The summed E-state index contributed by atoms with van der Waals surface area (Å²) >= 11 is 1.79. The van der Waals surface area contributed by atoms with Crippen molar-refractivity contribution >= 4 is 118 Å². The highest BCUT2D eigenvalue weighted by atomic mass is 32.1. The first-order valence-corrected chi connectivity index (χ1v) is 23.0. The summed E-state index contributed by atoms with van der Waals surface area (Å²) < 4.78 is 41.6. The number of rotatable bonds is 4. The Morgan fingerprint density at radius 1 is 0.364 bits per heavy atom. The molecule has 308 valence electrons. The molecule has 6 heteroatoms. The second kappa shape index (κ2) is 13.1. The van der Waals surface area contributed by atoms with Gasteiger partial charge < -0.3 is 4.57 Å². The number of thiophene rings is 1. The third-order valence-electron chi connectivity index (χ3n) is 14.1. The van der Waals surface area contributed by atoms with Gasteiger partial charge in [0.1, 0.15) is 17.5 Å². The van der Waals surface area contributed by atoms with Crippen LogP contribution in [-0.2, 0) is 0 Å². The SMILES string of the molecule is Fc1cc2cccc3c(-n4c5ccccc5c5cc(-c6cc7c8c(F)cccc8n(-c8cc9ccccc9n8-c8ccccc8)c7c7c6sc6ccccc67)ccc54)cc4cccc1c4c23. The highest BCUT2D eigenvalue weighted by molar-refractivity contribution is 7.26. The number of benzene rings is 11. The van der Waals surface area contributed by atoms with E-state index in [1.54, 1.807) is 23.5 Å². The van der Waals surface area contributed by atoms with Gasteiger partial charge in [-0.15, -0.1) is 11.3 Å². The van der Waals surface area contributed by atoms with E-state index in [1.807, 2.05) is 36.4 Å². The molecule has 0 aliphatic rings. The van der Waals surface area contributed by atoms with E-state index in [9.17, 15) is 0 Å². The minimum absolute atomic E-state index is 0.202. The predicted octanol–water partition coefficient (Wildman–Crippen LogP) is 17.0. The zero-order chi connectivity index (χ0) is 43.4. The summed E-state index contributed by atoms with van der Waals surface area (Å²) in [5, 5.41) is 12.7. The van der Waals surface area contributed by atoms with Gasteiger partial charge in [0.05, 0.1) is 33.3 Å². The Kier molecular flexibility index (Phi) is 7.18. The standard InChI is InChI=1S/C60H33F2N3S/c61-46-22-12-25-51-57(46)45-33-43(60-58(42-19-6-9-26-53(42)66-60)59(45)65(51)54-32-35-13-4-7-23-48(35)63(54)38-16-2-1-3-17-38)34-27-28-50-44(29-34)39-18-5-8-24-49(39)64(50)52-31-37-15-10-20-40-47(62)30-36-14-11-21-41(52)56(36)55(37)40/h1-33H. The molecule has 0 fully saturated rings. The molecule has 0 saturated carbocycles. The Bertz CT molecular complexity index is 4550. The van der Waals surface area contributed by atoms with Crippen LogP contribution < -0.4 is 0 Å². The summed E-state index contributed by atoms with van der Waals surface area (Å²) in [6, 6.07) is 68.9. The van der Waals surface area contributed by atoms with E-state index in [-0.39, 0.29) is 11.6 Å². The molecular formula is C60H33F2N3S. The highest BCUT2D eigenvalue weighted by Gasteiger charge is 2.26. The van der Waals surface area contributed by atoms with Crippen molar-refractivity contribution in [3.63, 3.8) is 0 Å². The molecular weight excluding hydrogens is 833 g/mol. The quantitative estimate of drug-likeness (QED) is 0.157. The lowest BCUT2D eigenvalue weighted by atomic mass is 9.92. The van der Waals surface area contributed by atoms with Gasteiger partial charge in [-0.3, -0.25) is 9.13 Å². The Balaban J connectivity index is 1.05. The maximum absolute atomic E-state index is 16.8. The van der Waals surface area contributed by atoms with E-state index < -0.39 is 0 Å². The predicted molar refractivity (Wildman–Crippen MR) is 274 cm³/mol. The summed E-state index contributed by atoms with van der Waals surface area (Å²) in [7, 11) is 0. The lowest BCUT2D eigenvalue weighted by Crippen LogP contribution is -2.04. The molecule has 11 aromatic carbocycles. The van der Waals surface area contributed by atoms with Crippen LogP contribution in [0.25, 0.3) is 135 Å². The van der Waals surface area contributed by atoms with Crippen molar-refractivity contribution in [3.05, 3.63) is 212 Å². The minimum atomic E-state index is -0.252. The van der Waals surface area contributed by atoms with Gasteiger partial charge in [0.15, 0.2) is 0 Å². The van der Waals surface area contributed by atoms with Crippen molar-refractivity contribution in [2.24, 2.45) is 0 Å². The highest BCUT2D eigenvalue weighted by Crippen LogP contribution is 2.50. The molecule has 0 bridgehead atoms. The lowest BCUT2D eigenvalue weighted by Gasteiger charge is -2.17. The van der Waals surface area contributed by atoms with E-state index in [2.05, 4.69) is 165 Å². The maximum atomic E-state index is 16.8. The third kappa shape index (κ3) is 4.73. The molecule has 15 aromatic rings. The third-order valence-corrected chi connectivity index (χ3v) is 15.3. The fourth-order valence-electron chi connectivity index (χ4n) is 11.4. The Morgan fingerprint density at radius 3 is 1.91 bits per heavy atom. The molecule has 0 saturated heterocycles. The molecule has 3 nitrogen and oxygen atoms in total. The Labute approximate surface area is 379 Å². The monoisotopic (exact) mass is 865 g/mol. The fraction of sp³-hybridized carbons (Fsp3) is 0. The first kappa shape index (κ1) is 36.1. The van der Waals surface area contributed by atoms with E-state index >= 15 is 8.78 Å². The number of halogens is 2. The van der Waals surface area contributed by atoms with E-state index in [1.165, 1.54) is 4.70 Å².